The van der Waals surface area contributed by atoms with Crippen molar-refractivity contribution in [1.29, 1.82) is 0 Å². The van der Waals surface area contributed by atoms with Crippen molar-refractivity contribution in [2.75, 3.05) is 26.3 Å². The summed E-state index contributed by atoms with van der Waals surface area (Å²) in [6.45, 7) is 10.6. The van der Waals surface area contributed by atoms with E-state index in [1.807, 2.05) is 0 Å². The van der Waals surface area contributed by atoms with Crippen molar-refractivity contribution in [2.45, 2.75) is 52.5 Å². The summed E-state index contributed by atoms with van der Waals surface area (Å²) >= 11 is 0. The Morgan fingerprint density at radius 1 is 1.29 bits per heavy atom. The lowest BCUT2D eigenvalue weighted by atomic mass is 9.86. The number of unbranched alkanes of at least 4 members (excludes halogenated alkanes) is 2. The monoisotopic (exact) mass is 242 g/mol. The third-order valence-electron chi connectivity index (χ3n) is 3.71. The fraction of sp³-hybridized carbons (Fsp3) is 1.00. The van der Waals surface area contributed by atoms with Crippen LogP contribution in [-0.4, -0.2) is 32.3 Å². The Morgan fingerprint density at radius 3 is 2.65 bits per heavy atom. The van der Waals surface area contributed by atoms with Gasteiger partial charge in [-0.15, -0.1) is 0 Å². The van der Waals surface area contributed by atoms with Gasteiger partial charge in [-0.1, -0.05) is 40.0 Å². The molecule has 3 heteroatoms. The molecule has 102 valence electrons. The molecule has 0 amide bonds. The number of ether oxygens (including phenoxy) is 1. The van der Waals surface area contributed by atoms with Crippen molar-refractivity contribution in [3.63, 3.8) is 0 Å². The lowest BCUT2D eigenvalue weighted by Gasteiger charge is -2.26. The summed E-state index contributed by atoms with van der Waals surface area (Å²) in [5.41, 5.74) is 6.36. The summed E-state index contributed by atoms with van der Waals surface area (Å²) in [7, 11) is 0. The van der Waals surface area contributed by atoms with Crippen molar-refractivity contribution in [1.82, 2.24) is 5.32 Å². The topological polar surface area (TPSA) is 47.3 Å². The van der Waals surface area contributed by atoms with E-state index < -0.39 is 0 Å². The summed E-state index contributed by atoms with van der Waals surface area (Å²) in [5, 5.41) is 3.56. The van der Waals surface area contributed by atoms with Crippen molar-refractivity contribution in [2.24, 2.45) is 17.1 Å². The highest BCUT2D eigenvalue weighted by atomic mass is 16.5. The Kier molecular flexibility index (Phi) is 6.45. The normalized spacial score (nSPS) is 25.4. The standard InChI is InChI=1S/C14H30N2O/c1-4-5-6-7-14(2,3)11-16-8-12-9-17-10-13(12)15/h12-13,16H,4-11,15H2,1-3H3. The van der Waals surface area contributed by atoms with Gasteiger partial charge in [-0.05, 0) is 11.8 Å². The number of rotatable bonds is 8. The van der Waals surface area contributed by atoms with E-state index >= 15 is 0 Å². The molecule has 2 unspecified atom stereocenters. The largest absolute Gasteiger partial charge is 0.379 e. The molecule has 0 spiro atoms. The molecule has 2 atom stereocenters. The fourth-order valence-electron chi connectivity index (χ4n) is 2.36. The van der Waals surface area contributed by atoms with Crippen molar-refractivity contribution >= 4 is 0 Å². The first-order chi connectivity index (χ1) is 8.05. The molecule has 0 saturated carbocycles. The highest BCUT2D eigenvalue weighted by Gasteiger charge is 2.25. The molecule has 1 heterocycles. The minimum atomic E-state index is 0.228. The molecule has 1 saturated heterocycles. The zero-order valence-corrected chi connectivity index (χ0v) is 11.8. The summed E-state index contributed by atoms with van der Waals surface area (Å²) in [4.78, 5) is 0. The smallest absolute Gasteiger partial charge is 0.0621 e. The second kappa shape index (κ2) is 7.34. The van der Waals surface area contributed by atoms with Crippen LogP contribution in [0.1, 0.15) is 46.5 Å². The highest BCUT2D eigenvalue weighted by molar-refractivity contribution is 4.81. The van der Waals surface area contributed by atoms with Crippen LogP contribution in [0.5, 0.6) is 0 Å². The predicted molar refractivity (Wildman–Crippen MR) is 73.1 cm³/mol. The maximum Gasteiger partial charge on any atom is 0.0621 e. The first-order valence-corrected chi connectivity index (χ1v) is 7.09. The van der Waals surface area contributed by atoms with E-state index in [9.17, 15) is 0 Å². The summed E-state index contributed by atoms with van der Waals surface area (Å²) in [6.07, 6.45) is 5.31. The van der Waals surface area contributed by atoms with Gasteiger partial charge in [0.2, 0.25) is 0 Å². The van der Waals surface area contributed by atoms with E-state index in [1.54, 1.807) is 0 Å². The average Bonchev–Trinajstić information content (AvgIpc) is 2.64. The predicted octanol–water partition coefficient (Wildman–Crippen LogP) is 2.16. The van der Waals surface area contributed by atoms with E-state index in [-0.39, 0.29) is 6.04 Å². The Labute approximate surface area is 106 Å². The SMILES string of the molecule is CCCCCC(C)(C)CNCC1COCC1N. The maximum absolute atomic E-state index is 5.96. The Balaban J connectivity index is 2.11. The molecule has 0 aliphatic carbocycles. The van der Waals surface area contributed by atoms with Gasteiger partial charge >= 0.3 is 0 Å². The van der Waals surface area contributed by atoms with E-state index in [2.05, 4.69) is 26.1 Å². The van der Waals surface area contributed by atoms with Crippen LogP contribution in [0.15, 0.2) is 0 Å². The molecule has 0 bridgehead atoms. The van der Waals surface area contributed by atoms with Crippen LogP contribution in [0.2, 0.25) is 0 Å². The Bertz CT molecular complexity index is 206. The van der Waals surface area contributed by atoms with Crippen LogP contribution < -0.4 is 11.1 Å². The molecular formula is C14H30N2O. The summed E-state index contributed by atoms with van der Waals surface area (Å²) < 4.78 is 5.37. The Morgan fingerprint density at radius 2 is 2.06 bits per heavy atom. The van der Waals surface area contributed by atoms with Crippen LogP contribution in [0.3, 0.4) is 0 Å². The lowest BCUT2D eigenvalue weighted by Crippen LogP contribution is -2.39. The zero-order chi connectivity index (χ0) is 12.7. The summed E-state index contributed by atoms with van der Waals surface area (Å²) in [5.74, 6) is 0.501. The fourth-order valence-corrected chi connectivity index (χ4v) is 2.36. The second-order valence-electron chi connectivity index (χ2n) is 6.21. The van der Waals surface area contributed by atoms with E-state index in [4.69, 9.17) is 10.5 Å². The number of nitrogens with one attached hydrogen (secondary N) is 1. The molecule has 17 heavy (non-hydrogen) atoms. The van der Waals surface area contributed by atoms with Crippen molar-refractivity contribution in [3.05, 3.63) is 0 Å². The molecule has 0 aromatic rings. The average molecular weight is 242 g/mol. The summed E-state index contributed by atoms with van der Waals surface area (Å²) in [6, 6.07) is 0.228. The number of nitrogens with two attached hydrogens (primary N) is 1. The third kappa shape index (κ3) is 5.84. The molecule has 0 radical (unpaired) electrons. The molecular weight excluding hydrogens is 212 g/mol. The van der Waals surface area contributed by atoms with E-state index in [0.29, 0.717) is 11.3 Å². The lowest BCUT2D eigenvalue weighted by molar-refractivity contribution is 0.182. The first kappa shape index (κ1) is 14.9. The van der Waals surface area contributed by atoms with Gasteiger partial charge in [-0.3, -0.25) is 0 Å². The van der Waals surface area contributed by atoms with Crippen LogP contribution in [-0.2, 0) is 4.74 Å². The third-order valence-corrected chi connectivity index (χ3v) is 3.71. The molecule has 0 aromatic carbocycles. The molecule has 1 rings (SSSR count). The van der Waals surface area contributed by atoms with E-state index in [1.165, 1.54) is 25.7 Å². The zero-order valence-electron chi connectivity index (χ0n) is 11.8. The van der Waals surface area contributed by atoms with Crippen molar-refractivity contribution < 1.29 is 4.74 Å². The van der Waals surface area contributed by atoms with Crippen LogP contribution in [0, 0.1) is 11.3 Å². The van der Waals surface area contributed by atoms with Gasteiger partial charge in [0.05, 0.1) is 13.2 Å². The number of hydrogen-bond acceptors (Lipinski definition) is 3. The van der Waals surface area contributed by atoms with Gasteiger partial charge in [0.25, 0.3) is 0 Å². The van der Waals surface area contributed by atoms with Crippen molar-refractivity contribution in [3.8, 4) is 0 Å². The molecule has 0 aromatic heterocycles. The minimum Gasteiger partial charge on any atom is -0.379 e. The molecule has 1 fully saturated rings. The molecule has 3 N–H and O–H groups in total. The van der Waals surface area contributed by atoms with Gasteiger partial charge in [-0.25, -0.2) is 0 Å². The molecule has 3 nitrogen and oxygen atoms in total. The first-order valence-electron chi connectivity index (χ1n) is 7.09. The quantitative estimate of drug-likeness (QED) is 0.641. The van der Waals surface area contributed by atoms with Crippen LogP contribution >= 0.6 is 0 Å². The second-order valence-corrected chi connectivity index (χ2v) is 6.21. The number of hydrogen-bond donors (Lipinski definition) is 2. The van der Waals surface area contributed by atoms with Gasteiger partial charge in [-0.2, -0.15) is 0 Å². The van der Waals surface area contributed by atoms with Gasteiger partial charge in [0, 0.05) is 25.0 Å². The van der Waals surface area contributed by atoms with Gasteiger partial charge in [0.15, 0.2) is 0 Å². The Hall–Kier alpha value is -0.120. The van der Waals surface area contributed by atoms with Gasteiger partial charge in [0.1, 0.15) is 0 Å². The molecule has 1 aliphatic rings. The minimum absolute atomic E-state index is 0.228. The molecule has 1 aliphatic heterocycles. The van der Waals surface area contributed by atoms with Crippen LogP contribution in [0.4, 0.5) is 0 Å². The van der Waals surface area contributed by atoms with Crippen LogP contribution in [0.25, 0.3) is 0 Å². The highest BCUT2D eigenvalue weighted by Crippen LogP contribution is 2.22. The maximum atomic E-state index is 5.96. The van der Waals surface area contributed by atoms with E-state index in [0.717, 1.165) is 26.3 Å². The van der Waals surface area contributed by atoms with Gasteiger partial charge < -0.3 is 15.8 Å².